The fraction of sp³-hybridized carbons (Fsp3) is 0.526. The molecule has 0 amide bonds. The molecule has 1 fully saturated rings. The summed E-state index contributed by atoms with van der Waals surface area (Å²) in [4.78, 5) is 22.6. The van der Waals surface area contributed by atoms with Gasteiger partial charge >= 0.3 is 5.97 Å². The standard InChI is InChI=1S/C38H49Cl2N3O4/c1-9-46-31-20-28(39)19-30(40)29(31)22-42-15-12-25-18-26(10-11-27(25)21-42)32-23(2)41-24(3)33(35(36(44)45)47-37(4,5)6)34(32)43-16-13-38(7,8)14-17-43/h10-11,18-20,35H,9,12-17,21-22H2,1-8H3,(H,44,45)/t35-/m0/s1. The lowest BCUT2D eigenvalue weighted by Gasteiger charge is -2.41. The second-order valence-electron chi connectivity index (χ2n) is 14.8. The van der Waals surface area contributed by atoms with E-state index in [1.165, 1.54) is 11.1 Å². The molecule has 5 rings (SSSR count). The minimum atomic E-state index is -1.14. The number of carbonyl (C=O) groups is 1. The summed E-state index contributed by atoms with van der Waals surface area (Å²) in [5, 5.41) is 11.7. The molecule has 9 heteroatoms. The zero-order valence-electron chi connectivity index (χ0n) is 29.1. The van der Waals surface area contributed by atoms with Crippen molar-refractivity contribution in [1.29, 1.82) is 0 Å². The van der Waals surface area contributed by atoms with Crippen molar-refractivity contribution < 1.29 is 19.4 Å². The third-order valence-electron chi connectivity index (χ3n) is 9.36. The first-order chi connectivity index (χ1) is 22.1. The maximum Gasteiger partial charge on any atom is 0.337 e. The first-order valence-corrected chi connectivity index (χ1v) is 17.4. The van der Waals surface area contributed by atoms with Gasteiger partial charge in [0, 0.05) is 65.8 Å². The summed E-state index contributed by atoms with van der Waals surface area (Å²) in [6, 6.07) is 10.3. The van der Waals surface area contributed by atoms with Crippen LogP contribution >= 0.6 is 23.2 Å². The van der Waals surface area contributed by atoms with E-state index < -0.39 is 17.7 Å². The number of anilines is 1. The minimum absolute atomic E-state index is 0.236. The highest BCUT2D eigenvalue weighted by molar-refractivity contribution is 6.35. The van der Waals surface area contributed by atoms with Gasteiger partial charge in [0.05, 0.1) is 22.9 Å². The molecule has 3 heterocycles. The number of carboxylic acid groups (broad SMARTS) is 1. The molecule has 0 aliphatic carbocycles. The maximum absolute atomic E-state index is 12.9. The topological polar surface area (TPSA) is 75.1 Å². The summed E-state index contributed by atoms with van der Waals surface area (Å²) in [6.07, 6.45) is 1.78. The van der Waals surface area contributed by atoms with Gasteiger partial charge in [0.15, 0.2) is 6.10 Å². The van der Waals surface area contributed by atoms with E-state index in [1.807, 2.05) is 47.6 Å². The van der Waals surface area contributed by atoms with Gasteiger partial charge in [-0.1, -0.05) is 55.2 Å². The highest BCUT2D eigenvalue weighted by Crippen LogP contribution is 2.45. The summed E-state index contributed by atoms with van der Waals surface area (Å²) in [5.74, 6) is -0.273. The van der Waals surface area contributed by atoms with Crippen LogP contribution in [0.4, 0.5) is 5.69 Å². The van der Waals surface area contributed by atoms with Crippen molar-refractivity contribution in [2.24, 2.45) is 5.41 Å². The molecule has 7 nitrogen and oxygen atoms in total. The number of pyridine rings is 1. The number of carboxylic acids is 1. The number of benzene rings is 2. The van der Waals surface area contributed by atoms with Crippen LogP contribution in [0, 0.1) is 19.3 Å². The summed E-state index contributed by atoms with van der Waals surface area (Å²) in [5.41, 5.74) is 8.33. The van der Waals surface area contributed by atoms with E-state index in [-0.39, 0.29) is 5.41 Å². The normalized spacial score (nSPS) is 17.4. The van der Waals surface area contributed by atoms with E-state index >= 15 is 0 Å². The first-order valence-electron chi connectivity index (χ1n) is 16.7. The van der Waals surface area contributed by atoms with Crippen LogP contribution in [0.15, 0.2) is 30.3 Å². The molecular formula is C38H49Cl2N3O4. The predicted octanol–water partition coefficient (Wildman–Crippen LogP) is 9.20. The Balaban J connectivity index is 1.55. The molecule has 1 saturated heterocycles. The Bertz CT molecular complexity index is 1640. The van der Waals surface area contributed by atoms with Crippen LogP contribution in [0.5, 0.6) is 5.75 Å². The molecular weight excluding hydrogens is 633 g/mol. The molecule has 2 aromatic carbocycles. The molecule has 0 radical (unpaired) electrons. The van der Waals surface area contributed by atoms with Crippen LogP contribution in [0.3, 0.4) is 0 Å². The van der Waals surface area contributed by atoms with Gasteiger partial charge in [-0.2, -0.15) is 0 Å². The third-order valence-corrected chi connectivity index (χ3v) is 9.91. The van der Waals surface area contributed by atoms with Gasteiger partial charge in [-0.05, 0) is 95.0 Å². The van der Waals surface area contributed by atoms with Crippen molar-refractivity contribution in [1.82, 2.24) is 9.88 Å². The van der Waals surface area contributed by atoms with Crippen LogP contribution < -0.4 is 9.64 Å². The van der Waals surface area contributed by atoms with Gasteiger partial charge in [0.1, 0.15) is 5.75 Å². The fourth-order valence-corrected chi connectivity index (χ4v) is 7.43. The largest absolute Gasteiger partial charge is 0.493 e. The monoisotopic (exact) mass is 681 g/mol. The molecule has 47 heavy (non-hydrogen) atoms. The van der Waals surface area contributed by atoms with E-state index in [0.29, 0.717) is 34.5 Å². The zero-order valence-corrected chi connectivity index (χ0v) is 30.6. The van der Waals surface area contributed by atoms with Gasteiger partial charge < -0.3 is 19.5 Å². The Morgan fingerprint density at radius 1 is 1.04 bits per heavy atom. The lowest BCUT2D eigenvalue weighted by atomic mass is 9.81. The van der Waals surface area contributed by atoms with Gasteiger partial charge in [0.25, 0.3) is 0 Å². The second-order valence-corrected chi connectivity index (χ2v) is 15.6. The van der Waals surface area contributed by atoms with E-state index in [1.54, 1.807) is 6.07 Å². The quantitative estimate of drug-likeness (QED) is 0.241. The van der Waals surface area contributed by atoms with Gasteiger partial charge in [-0.25, -0.2) is 4.79 Å². The van der Waals surface area contributed by atoms with E-state index in [9.17, 15) is 9.90 Å². The molecule has 1 atom stereocenters. The average Bonchev–Trinajstić information content (AvgIpc) is 2.97. The van der Waals surface area contributed by atoms with Crippen molar-refractivity contribution >= 4 is 34.9 Å². The summed E-state index contributed by atoms with van der Waals surface area (Å²) >= 11 is 12.9. The van der Waals surface area contributed by atoms with E-state index in [2.05, 4.69) is 41.8 Å². The number of aliphatic carboxylic acids is 1. The number of rotatable bonds is 9. The number of hydrogen-bond acceptors (Lipinski definition) is 6. The Morgan fingerprint density at radius 2 is 1.74 bits per heavy atom. The summed E-state index contributed by atoms with van der Waals surface area (Å²) in [7, 11) is 0. The van der Waals surface area contributed by atoms with Crippen molar-refractivity contribution in [2.75, 3.05) is 31.1 Å². The predicted molar refractivity (Wildman–Crippen MR) is 191 cm³/mol. The molecule has 0 bridgehead atoms. The first kappa shape index (κ1) is 35.5. The van der Waals surface area contributed by atoms with Crippen molar-refractivity contribution in [2.45, 2.75) is 99.4 Å². The lowest BCUT2D eigenvalue weighted by molar-refractivity contribution is -0.160. The van der Waals surface area contributed by atoms with Gasteiger partial charge in [-0.15, -0.1) is 0 Å². The maximum atomic E-state index is 12.9. The molecule has 0 unspecified atom stereocenters. The van der Waals surface area contributed by atoms with Crippen LogP contribution in [0.1, 0.15) is 94.1 Å². The summed E-state index contributed by atoms with van der Waals surface area (Å²) < 4.78 is 12.1. The van der Waals surface area contributed by atoms with Crippen molar-refractivity contribution in [3.8, 4) is 16.9 Å². The second kappa shape index (κ2) is 13.9. The molecule has 2 aliphatic heterocycles. The number of halogens is 2. The Kier molecular flexibility index (Phi) is 10.5. The number of fused-ring (bicyclic) bond motifs is 1. The van der Waals surface area contributed by atoms with E-state index in [0.717, 1.165) is 79.3 Å². The number of nitrogens with zero attached hydrogens (tertiary/aromatic N) is 3. The molecule has 3 aromatic rings. The molecule has 254 valence electrons. The van der Waals surface area contributed by atoms with Crippen molar-refractivity contribution in [3.63, 3.8) is 0 Å². The Morgan fingerprint density at radius 3 is 2.38 bits per heavy atom. The van der Waals surface area contributed by atoms with Crippen LogP contribution in [0.25, 0.3) is 11.1 Å². The molecule has 1 aromatic heterocycles. The number of aryl methyl sites for hydroxylation is 2. The SMILES string of the molecule is CCOc1cc(Cl)cc(Cl)c1CN1CCc2cc(-c3c(C)nc(C)c([C@H](OC(C)(C)C)C(=O)O)c3N3CCC(C)(C)CC3)ccc2C1. The minimum Gasteiger partial charge on any atom is -0.493 e. The number of aromatic nitrogens is 1. The third kappa shape index (κ3) is 8.07. The fourth-order valence-electron chi connectivity index (χ4n) is 6.90. The molecule has 2 aliphatic rings. The number of piperidine rings is 1. The van der Waals surface area contributed by atoms with Crippen molar-refractivity contribution in [3.05, 3.63) is 74.0 Å². The highest BCUT2D eigenvalue weighted by Gasteiger charge is 2.36. The smallest absolute Gasteiger partial charge is 0.337 e. The van der Waals surface area contributed by atoms with Gasteiger partial charge in [-0.3, -0.25) is 9.88 Å². The number of hydrogen-bond donors (Lipinski definition) is 1. The lowest BCUT2D eigenvalue weighted by Crippen LogP contribution is -2.39. The molecule has 1 N–H and O–H groups in total. The Hall–Kier alpha value is -2.84. The Labute approximate surface area is 290 Å². The highest BCUT2D eigenvalue weighted by atomic mass is 35.5. The van der Waals surface area contributed by atoms with Crippen LogP contribution in [-0.4, -0.2) is 52.8 Å². The zero-order chi connectivity index (χ0) is 34.3. The number of ether oxygens (including phenoxy) is 2. The van der Waals surface area contributed by atoms with Crippen LogP contribution in [-0.2, 0) is 29.0 Å². The van der Waals surface area contributed by atoms with E-state index in [4.69, 9.17) is 37.7 Å². The molecule has 0 spiro atoms. The average molecular weight is 683 g/mol. The molecule has 0 saturated carbocycles. The van der Waals surface area contributed by atoms with Crippen LogP contribution in [0.2, 0.25) is 10.0 Å². The van der Waals surface area contributed by atoms with Gasteiger partial charge in [0.2, 0.25) is 0 Å². The summed E-state index contributed by atoms with van der Waals surface area (Å²) in [6.45, 7) is 20.8.